The number of para-hydroxylation sites is 2. The lowest BCUT2D eigenvalue weighted by atomic mass is 10.2. The van der Waals surface area contributed by atoms with E-state index in [1.807, 2.05) is 43.3 Å². The van der Waals surface area contributed by atoms with Crippen molar-refractivity contribution in [3.8, 4) is 0 Å². The van der Waals surface area contributed by atoms with Crippen LogP contribution in [0.25, 0.3) is 11.0 Å². The maximum absolute atomic E-state index is 12.1. The van der Waals surface area contributed by atoms with Crippen molar-refractivity contribution in [3.05, 3.63) is 64.9 Å². The van der Waals surface area contributed by atoms with Crippen LogP contribution in [0.5, 0.6) is 0 Å². The first kappa shape index (κ1) is 17.9. The van der Waals surface area contributed by atoms with Crippen molar-refractivity contribution in [2.45, 2.75) is 20.0 Å². The van der Waals surface area contributed by atoms with E-state index in [0.29, 0.717) is 11.6 Å². The van der Waals surface area contributed by atoms with Crippen molar-refractivity contribution in [1.82, 2.24) is 14.9 Å². The van der Waals surface area contributed by atoms with Crippen LogP contribution in [-0.4, -0.2) is 28.0 Å². The molecule has 0 spiro atoms. The number of carbonyl (C=O) groups is 2. The van der Waals surface area contributed by atoms with Gasteiger partial charge in [0.2, 0.25) is 0 Å². The summed E-state index contributed by atoms with van der Waals surface area (Å²) in [4.78, 5) is 28.3. The van der Waals surface area contributed by atoms with Crippen LogP contribution in [0.3, 0.4) is 0 Å². The number of esters is 1. The standard InChI is InChI=1S/C19H18ClN3O3/c1-13-22-16-4-2-3-5-17(16)23(13)11-19(25)26-12-18(24)21-10-14-6-8-15(20)9-7-14/h2-9H,10-12H2,1H3,(H,21,24). The van der Waals surface area contributed by atoms with Gasteiger partial charge in [-0.2, -0.15) is 0 Å². The van der Waals surface area contributed by atoms with Gasteiger partial charge in [0.25, 0.3) is 5.91 Å². The minimum absolute atomic E-state index is 0.0107. The van der Waals surface area contributed by atoms with Gasteiger partial charge in [0.1, 0.15) is 12.4 Å². The van der Waals surface area contributed by atoms with Crippen LogP contribution in [0.15, 0.2) is 48.5 Å². The summed E-state index contributed by atoms with van der Waals surface area (Å²) in [6, 6.07) is 14.7. The summed E-state index contributed by atoms with van der Waals surface area (Å²) in [5.74, 6) is -0.131. The van der Waals surface area contributed by atoms with E-state index in [-0.39, 0.29) is 19.1 Å². The number of nitrogens with zero attached hydrogens (tertiary/aromatic N) is 2. The van der Waals surface area contributed by atoms with E-state index in [0.717, 1.165) is 22.4 Å². The molecule has 0 saturated heterocycles. The second-order valence-electron chi connectivity index (χ2n) is 5.80. The Labute approximate surface area is 155 Å². The quantitative estimate of drug-likeness (QED) is 0.676. The number of nitrogens with one attached hydrogen (secondary N) is 1. The van der Waals surface area contributed by atoms with Crippen LogP contribution in [0.2, 0.25) is 5.02 Å². The van der Waals surface area contributed by atoms with Crippen LogP contribution in [0, 0.1) is 6.92 Å². The summed E-state index contributed by atoms with van der Waals surface area (Å²) < 4.78 is 6.84. The van der Waals surface area contributed by atoms with Crippen molar-refractivity contribution in [1.29, 1.82) is 0 Å². The third kappa shape index (κ3) is 4.40. The Hall–Kier alpha value is -2.86. The molecule has 0 saturated carbocycles. The molecule has 1 amide bonds. The normalized spacial score (nSPS) is 10.7. The predicted octanol–water partition coefficient (Wildman–Crippen LogP) is 2.86. The molecule has 3 aromatic rings. The van der Waals surface area contributed by atoms with E-state index >= 15 is 0 Å². The maximum atomic E-state index is 12.1. The fourth-order valence-corrected chi connectivity index (χ4v) is 2.70. The number of imidazole rings is 1. The highest BCUT2D eigenvalue weighted by molar-refractivity contribution is 6.30. The highest BCUT2D eigenvalue weighted by Gasteiger charge is 2.13. The van der Waals surface area contributed by atoms with E-state index in [1.165, 1.54) is 0 Å². The molecule has 0 aliphatic rings. The smallest absolute Gasteiger partial charge is 0.326 e. The number of aromatic nitrogens is 2. The molecule has 134 valence electrons. The number of aryl methyl sites for hydroxylation is 1. The van der Waals surface area contributed by atoms with E-state index < -0.39 is 5.97 Å². The van der Waals surface area contributed by atoms with Gasteiger partial charge in [-0.25, -0.2) is 4.98 Å². The highest BCUT2D eigenvalue weighted by Crippen LogP contribution is 2.15. The van der Waals surface area contributed by atoms with Gasteiger partial charge in [-0.3, -0.25) is 9.59 Å². The molecule has 1 N–H and O–H groups in total. The number of rotatable bonds is 6. The minimum Gasteiger partial charge on any atom is -0.454 e. The van der Waals surface area contributed by atoms with Crippen LogP contribution >= 0.6 is 11.6 Å². The van der Waals surface area contributed by atoms with Gasteiger partial charge < -0.3 is 14.6 Å². The summed E-state index contributed by atoms with van der Waals surface area (Å²) in [7, 11) is 0. The molecular formula is C19H18ClN3O3. The molecule has 0 fully saturated rings. The number of halogens is 1. The van der Waals surface area contributed by atoms with Crippen molar-refractivity contribution in [2.24, 2.45) is 0 Å². The van der Waals surface area contributed by atoms with Crippen LogP contribution in [-0.2, 0) is 27.4 Å². The lowest BCUT2D eigenvalue weighted by Gasteiger charge is -2.09. The minimum atomic E-state index is -0.488. The topological polar surface area (TPSA) is 73.2 Å². The first-order valence-corrected chi connectivity index (χ1v) is 8.49. The number of carbonyl (C=O) groups excluding carboxylic acids is 2. The monoisotopic (exact) mass is 371 g/mol. The predicted molar refractivity (Wildman–Crippen MR) is 98.7 cm³/mol. The Morgan fingerprint density at radius 3 is 2.65 bits per heavy atom. The Kier molecular flexibility index (Phi) is 5.53. The average Bonchev–Trinajstić information content (AvgIpc) is 2.95. The first-order chi connectivity index (χ1) is 12.5. The summed E-state index contributed by atoms with van der Waals surface area (Å²) in [6.07, 6.45) is 0. The van der Waals surface area contributed by atoms with Gasteiger partial charge in [0, 0.05) is 11.6 Å². The number of ether oxygens (including phenoxy) is 1. The van der Waals surface area contributed by atoms with Crippen molar-refractivity contribution >= 4 is 34.5 Å². The second kappa shape index (κ2) is 8.01. The first-order valence-electron chi connectivity index (χ1n) is 8.11. The van der Waals surface area contributed by atoms with E-state index in [1.54, 1.807) is 16.7 Å². The third-order valence-electron chi connectivity index (χ3n) is 3.90. The summed E-state index contributed by atoms with van der Waals surface area (Å²) in [5.41, 5.74) is 2.59. The molecular weight excluding hydrogens is 354 g/mol. The average molecular weight is 372 g/mol. The van der Waals surface area contributed by atoms with E-state index in [4.69, 9.17) is 16.3 Å². The molecule has 3 rings (SSSR count). The Morgan fingerprint density at radius 2 is 1.88 bits per heavy atom. The van der Waals surface area contributed by atoms with Gasteiger partial charge in [-0.05, 0) is 36.8 Å². The molecule has 1 aromatic heterocycles. The van der Waals surface area contributed by atoms with Crippen LogP contribution < -0.4 is 5.32 Å². The van der Waals surface area contributed by atoms with Crippen molar-refractivity contribution < 1.29 is 14.3 Å². The Balaban J connectivity index is 1.49. The van der Waals surface area contributed by atoms with Gasteiger partial charge in [-0.1, -0.05) is 35.9 Å². The number of hydrogen-bond acceptors (Lipinski definition) is 4. The lowest BCUT2D eigenvalue weighted by molar-refractivity contribution is -0.149. The summed E-state index contributed by atoms with van der Waals surface area (Å²) in [5, 5.41) is 3.33. The molecule has 0 unspecified atom stereocenters. The number of hydrogen-bond donors (Lipinski definition) is 1. The zero-order chi connectivity index (χ0) is 18.5. The second-order valence-corrected chi connectivity index (χ2v) is 6.23. The fraction of sp³-hybridized carbons (Fsp3) is 0.211. The Bertz CT molecular complexity index is 935. The Morgan fingerprint density at radius 1 is 1.15 bits per heavy atom. The molecule has 7 heteroatoms. The SMILES string of the molecule is Cc1nc2ccccc2n1CC(=O)OCC(=O)NCc1ccc(Cl)cc1. The molecule has 6 nitrogen and oxygen atoms in total. The molecule has 0 atom stereocenters. The lowest BCUT2D eigenvalue weighted by Crippen LogP contribution is -2.29. The number of amides is 1. The summed E-state index contributed by atoms with van der Waals surface area (Å²) in [6.45, 7) is 1.86. The van der Waals surface area contributed by atoms with E-state index in [2.05, 4.69) is 10.3 Å². The van der Waals surface area contributed by atoms with Crippen LogP contribution in [0.4, 0.5) is 0 Å². The molecule has 0 radical (unpaired) electrons. The fourth-order valence-electron chi connectivity index (χ4n) is 2.57. The zero-order valence-electron chi connectivity index (χ0n) is 14.2. The molecule has 1 heterocycles. The summed E-state index contributed by atoms with van der Waals surface area (Å²) >= 11 is 5.81. The van der Waals surface area contributed by atoms with Crippen molar-refractivity contribution in [2.75, 3.05) is 6.61 Å². The maximum Gasteiger partial charge on any atom is 0.326 e. The van der Waals surface area contributed by atoms with Gasteiger partial charge in [0.05, 0.1) is 11.0 Å². The molecule has 0 aliphatic heterocycles. The number of benzene rings is 2. The third-order valence-corrected chi connectivity index (χ3v) is 4.15. The molecule has 0 aliphatic carbocycles. The largest absolute Gasteiger partial charge is 0.454 e. The van der Waals surface area contributed by atoms with Crippen LogP contribution in [0.1, 0.15) is 11.4 Å². The molecule has 0 bridgehead atoms. The van der Waals surface area contributed by atoms with Gasteiger partial charge in [0.15, 0.2) is 6.61 Å². The van der Waals surface area contributed by atoms with Gasteiger partial charge >= 0.3 is 5.97 Å². The van der Waals surface area contributed by atoms with Crippen molar-refractivity contribution in [3.63, 3.8) is 0 Å². The van der Waals surface area contributed by atoms with Gasteiger partial charge in [-0.15, -0.1) is 0 Å². The zero-order valence-corrected chi connectivity index (χ0v) is 15.0. The number of fused-ring (bicyclic) bond motifs is 1. The molecule has 2 aromatic carbocycles. The highest BCUT2D eigenvalue weighted by atomic mass is 35.5. The molecule has 26 heavy (non-hydrogen) atoms. The van der Waals surface area contributed by atoms with E-state index in [9.17, 15) is 9.59 Å².